The summed E-state index contributed by atoms with van der Waals surface area (Å²) in [5.41, 5.74) is 3.82. The van der Waals surface area contributed by atoms with Crippen LogP contribution in [0.4, 0.5) is 15.8 Å². The molecule has 1 amide bonds. The van der Waals surface area contributed by atoms with Gasteiger partial charge in [-0.25, -0.2) is 9.18 Å². The Bertz CT molecular complexity index is 1720. The molecule has 240 valence electrons. The summed E-state index contributed by atoms with van der Waals surface area (Å²) < 4.78 is 32.8. The average Bonchev–Trinajstić information content (AvgIpc) is 3.25. The first-order valence-corrected chi connectivity index (χ1v) is 16.3. The van der Waals surface area contributed by atoms with Gasteiger partial charge in [-0.2, -0.15) is 0 Å². The summed E-state index contributed by atoms with van der Waals surface area (Å²) in [5.74, 6) is -1.03. The highest BCUT2D eigenvalue weighted by molar-refractivity contribution is 6.40. The number of nitrogens with one attached hydrogen (secondary N) is 1. The van der Waals surface area contributed by atoms with Gasteiger partial charge in [-0.1, -0.05) is 41.4 Å². The van der Waals surface area contributed by atoms with Gasteiger partial charge in [-0.15, -0.1) is 0 Å². The molecule has 8 rings (SSSR count). The number of esters is 1. The minimum atomic E-state index is -0.596. The molecule has 4 fully saturated rings. The van der Waals surface area contributed by atoms with Gasteiger partial charge in [0.15, 0.2) is 6.73 Å². The lowest BCUT2D eigenvalue weighted by molar-refractivity contribution is 0.0515. The number of rotatable bonds is 5. The number of fused-ring (bicyclic) bond motifs is 3. The van der Waals surface area contributed by atoms with E-state index in [9.17, 15) is 9.59 Å². The summed E-state index contributed by atoms with van der Waals surface area (Å²) in [6, 6.07) is 12.2. The maximum Gasteiger partial charge on any atom is 0.340 e. The van der Waals surface area contributed by atoms with Gasteiger partial charge in [0.05, 0.1) is 65.8 Å². The molecule has 5 aliphatic heterocycles. The summed E-state index contributed by atoms with van der Waals surface area (Å²) in [5, 5.41) is 3.91. The summed E-state index contributed by atoms with van der Waals surface area (Å²) in [7, 11) is 1.29. The van der Waals surface area contributed by atoms with Crippen molar-refractivity contribution in [1.82, 2.24) is 10.2 Å². The van der Waals surface area contributed by atoms with Crippen LogP contribution in [0.15, 0.2) is 42.5 Å². The Labute approximate surface area is 276 Å². The lowest BCUT2D eigenvalue weighted by atomic mass is 9.74. The first-order valence-electron chi connectivity index (χ1n) is 15.5. The van der Waals surface area contributed by atoms with Gasteiger partial charge in [-0.05, 0) is 37.1 Å². The Morgan fingerprint density at radius 1 is 1.02 bits per heavy atom. The Morgan fingerprint density at radius 2 is 1.74 bits per heavy atom. The molecule has 0 radical (unpaired) electrons. The normalized spacial score (nSPS) is 22.6. The molecule has 1 N–H and O–H groups in total. The molecule has 5 heterocycles. The van der Waals surface area contributed by atoms with Crippen LogP contribution >= 0.6 is 23.2 Å². The minimum Gasteiger partial charge on any atom is -0.472 e. The largest absolute Gasteiger partial charge is 0.472 e. The van der Waals surface area contributed by atoms with E-state index in [1.165, 1.54) is 18.1 Å². The fourth-order valence-electron chi connectivity index (χ4n) is 7.65. The second-order valence-corrected chi connectivity index (χ2v) is 13.8. The first-order chi connectivity index (χ1) is 22.2. The van der Waals surface area contributed by atoms with Crippen LogP contribution in [0.2, 0.25) is 10.0 Å². The van der Waals surface area contributed by atoms with E-state index < -0.39 is 11.8 Å². The van der Waals surface area contributed by atoms with Crippen LogP contribution in [0.1, 0.15) is 39.1 Å². The molecule has 0 aliphatic carbocycles. The number of hydrogen-bond acceptors (Lipinski definition) is 8. The first kappa shape index (κ1) is 29.8. The van der Waals surface area contributed by atoms with E-state index in [0.29, 0.717) is 46.8 Å². The molecule has 1 spiro atoms. The van der Waals surface area contributed by atoms with Crippen LogP contribution in [-0.2, 0) is 16.0 Å². The van der Waals surface area contributed by atoms with Gasteiger partial charge >= 0.3 is 5.97 Å². The zero-order chi connectivity index (χ0) is 31.7. The van der Waals surface area contributed by atoms with Crippen molar-refractivity contribution in [2.24, 2.45) is 5.41 Å². The molecule has 46 heavy (non-hydrogen) atoms. The zero-order valence-corrected chi connectivity index (χ0v) is 26.8. The maximum atomic E-state index is 15.9. The van der Waals surface area contributed by atoms with Gasteiger partial charge in [-0.3, -0.25) is 4.79 Å². The standard InChI is InChI=1S/C34H33Cl2FN4O5/c1-44-33(43)25-9-28(37)24(10-29(25)41-20-5-6-21(41)13-45-12-20)23-4-2-3-19-11-39(18-46-31(19)23)32(42)30-26(35)7-22(8-27(30)36)40-16-34(17-40)14-38-15-34/h2-4,7-10,20-21,38H,5-6,11-18H2,1H3. The number of amides is 1. The van der Waals surface area contributed by atoms with Gasteiger partial charge in [0.1, 0.15) is 11.6 Å². The van der Waals surface area contributed by atoms with Crippen molar-refractivity contribution in [3.8, 4) is 16.9 Å². The monoisotopic (exact) mass is 666 g/mol. The van der Waals surface area contributed by atoms with Crippen molar-refractivity contribution in [2.45, 2.75) is 31.5 Å². The Kier molecular flexibility index (Phi) is 7.32. The third-order valence-electron chi connectivity index (χ3n) is 10.1. The number of carbonyl (C=O) groups excluding carboxylic acids is 2. The molecule has 9 nitrogen and oxygen atoms in total. The van der Waals surface area contributed by atoms with Crippen molar-refractivity contribution in [3.05, 3.63) is 75.0 Å². The third kappa shape index (κ3) is 4.80. The number of methoxy groups -OCH3 is 1. The second kappa shape index (κ2) is 11.3. The SMILES string of the molecule is COC(=O)c1cc(F)c(-c2cccc3c2OCN(C(=O)c2c(Cl)cc(N4CC5(CNC5)C4)cc2Cl)C3)cc1N1C2CCC1COC2. The van der Waals surface area contributed by atoms with Crippen LogP contribution in [0.5, 0.6) is 5.75 Å². The maximum absolute atomic E-state index is 15.9. The van der Waals surface area contributed by atoms with Gasteiger partial charge in [0.25, 0.3) is 5.91 Å². The fourth-order valence-corrected chi connectivity index (χ4v) is 8.28. The van der Waals surface area contributed by atoms with Gasteiger partial charge in [0, 0.05) is 54.0 Å². The van der Waals surface area contributed by atoms with Gasteiger partial charge in [0.2, 0.25) is 0 Å². The molecule has 0 saturated carbocycles. The predicted octanol–water partition coefficient (Wildman–Crippen LogP) is 5.36. The summed E-state index contributed by atoms with van der Waals surface area (Å²) in [4.78, 5) is 32.5. The van der Waals surface area contributed by atoms with E-state index in [0.717, 1.165) is 44.7 Å². The molecule has 12 heteroatoms. The van der Waals surface area contributed by atoms with Crippen molar-refractivity contribution in [2.75, 3.05) is 63.0 Å². The highest BCUT2D eigenvalue weighted by atomic mass is 35.5. The van der Waals surface area contributed by atoms with E-state index in [2.05, 4.69) is 15.1 Å². The topological polar surface area (TPSA) is 83.6 Å². The molecular weight excluding hydrogens is 634 g/mol. The third-order valence-corrected chi connectivity index (χ3v) is 10.7. The lowest BCUT2D eigenvalue weighted by Gasteiger charge is -2.57. The quantitative estimate of drug-likeness (QED) is 0.365. The lowest BCUT2D eigenvalue weighted by Crippen LogP contribution is -2.71. The smallest absolute Gasteiger partial charge is 0.340 e. The molecular formula is C34H33Cl2FN4O5. The van der Waals surface area contributed by atoms with Gasteiger partial charge < -0.3 is 34.2 Å². The predicted molar refractivity (Wildman–Crippen MR) is 173 cm³/mol. The van der Waals surface area contributed by atoms with E-state index in [-0.39, 0.29) is 52.4 Å². The molecule has 2 atom stereocenters. The Balaban J connectivity index is 1.08. The minimum absolute atomic E-state index is 0.0682. The average molecular weight is 668 g/mol. The molecule has 4 saturated heterocycles. The number of carbonyl (C=O) groups is 2. The number of halogens is 3. The summed E-state index contributed by atoms with van der Waals surface area (Å²) >= 11 is 13.3. The Hall–Kier alpha value is -3.57. The number of morpholine rings is 1. The number of benzene rings is 3. The number of hydrogen-bond donors (Lipinski definition) is 1. The molecule has 2 unspecified atom stereocenters. The highest BCUT2D eigenvalue weighted by Gasteiger charge is 2.48. The van der Waals surface area contributed by atoms with Crippen molar-refractivity contribution in [3.63, 3.8) is 0 Å². The fraction of sp³-hybridized carbons (Fsp3) is 0.412. The molecule has 5 aliphatic rings. The molecule has 3 aromatic carbocycles. The van der Waals surface area contributed by atoms with Crippen molar-refractivity contribution in [1.29, 1.82) is 0 Å². The number of ether oxygens (including phenoxy) is 3. The van der Waals surface area contributed by atoms with E-state index in [4.69, 9.17) is 37.4 Å². The summed E-state index contributed by atoms with van der Waals surface area (Å²) in [6.45, 7) is 5.14. The molecule has 3 aromatic rings. The highest BCUT2D eigenvalue weighted by Crippen LogP contribution is 2.44. The molecule has 2 bridgehead atoms. The van der Waals surface area contributed by atoms with E-state index in [1.54, 1.807) is 24.3 Å². The van der Waals surface area contributed by atoms with Crippen molar-refractivity contribution < 1.29 is 28.2 Å². The zero-order valence-electron chi connectivity index (χ0n) is 25.3. The number of anilines is 2. The second-order valence-electron chi connectivity index (χ2n) is 13.0. The van der Waals surface area contributed by atoms with Crippen LogP contribution in [-0.4, -0.2) is 82.1 Å². The van der Waals surface area contributed by atoms with Crippen LogP contribution in [0.3, 0.4) is 0 Å². The van der Waals surface area contributed by atoms with E-state index in [1.807, 2.05) is 12.1 Å². The number of nitrogens with zero attached hydrogens (tertiary/aromatic N) is 3. The summed E-state index contributed by atoms with van der Waals surface area (Å²) in [6.07, 6.45) is 1.86. The molecule has 0 aromatic heterocycles. The Morgan fingerprint density at radius 3 is 2.39 bits per heavy atom. The van der Waals surface area contributed by atoms with Crippen LogP contribution < -0.4 is 19.9 Å². The van der Waals surface area contributed by atoms with Crippen LogP contribution in [0.25, 0.3) is 11.1 Å². The van der Waals surface area contributed by atoms with E-state index >= 15 is 4.39 Å². The van der Waals surface area contributed by atoms with Crippen molar-refractivity contribution >= 4 is 46.5 Å². The van der Waals surface area contributed by atoms with Crippen LogP contribution in [0, 0.1) is 11.2 Å². The number of para-hydroxylation sites is 1.